The fraction of sp³-hybridized carbons (Fsp3) is 0.444. The number of rotatable bonds is 3. The Morgan fingerprint density at radius 1 is 1.35 bits per heavy atom. The molecule has 1 N–H and O–H groups in total. The zero-order valence-electron chi connectivity index (χ0n) is 13.7. The summed E-state index contributed by atoms with van der Waals surface area (Å²) < 4.78 is 1.86. The van der Waals surface area contributed by atoms with E-state index in [1.807, 2.05) is 35.9 Å². The minimum atomic E-state index is 0.112. The van der Waals surface area contributed by atoms with Crippen molar-refractivity contribution in [3.63, 3.8) is 0 Å². The van der Waals surface area contributed by atoms with Crippen LogP contribution >= 0.6 is 0 Å². The Bertz CT molecular complexity index is 776. The smallest absolute Gasteiger partial charge is 0.155 e. The molecule has 3 rings (SSSR count). The Labute approximate surface area is 136 Å². The molecule has 5 nitrogen and oxygen atoms in total. The van der Waals surface area contributed by atoms with Gasteiger partial charge in [0.25, 0.3) is 0 Å². The normalized spacial score (nSPS) is 18.0. The molecule has 2 heterocycles. The summed E-state index contributed by atoms with van der Waals surface area (Å²) in [5, 5.41) is 20.0. The molecule has 0 radical (unpaired) electrons. The number of benzene rings is 1. The summed E-state index contributed by atoms with van der Waals surface area (Å²) in [7, 11) is 1.87. The quantitative estimate of drug-likeness (QED) is 0.699. The van der Waals surface area contributed by atoms with Crippen LogP contribution in [0, 0.1) is 17.2 Å². The topological polar surface area (TPSA) is 65.1 Å². The number of fused-ring (bicyclic) bond motifs is 1. The van der Waals surface area contributed by atoms with Gasteiger partial charge in [-0.05, 0) is 44.0 Å². The van der Waals surface area contributed by atoms with Crippen LogP contribution < -0.4 is 0 Å². The highest BCUT2D eigenvalue weighted by atomic mass is 16.3. The van der Waals surface area contributed by atoms with Gasteiger partial charge in [0.05, 0.1) is 17.6 Å². The number of allylic oxidation sites excluding steroid dienone is 1. The van der Waals surface area contributed by atoms with Crippen molar-refractivity contribution >= 4 is 16.6 Å². The number of hydrogen-bond acceptors (Lipinski definition) is 4. The molecular formula is C18H22N4O. The van der Waals surface area contributed by atoms with E-state index in [-0.39, 0.29) is 11.3 Å². The molecule has 2 aromatic rings. The Hall–Kier alpha value is -2.32. The monoisotopic (exact) mass is 310 g/mol. The van der Waals surface area contributed by atoms with E-state index in [0.717, 1.165) is 42.9 Å². The van der Waals surface area contributed by atoms with Gasteiger partial charge < -0.3 is 9.67 Å². The van der Waals surface area contributed by atoms with Gasteiger partial charge in [0, 0.05) is 7.05 Å². The third-order valence-corrected chi connectivity index (χ3v) is 4.66. The van der Waals surface area contributed by atoms with E-state index >= 15 is 0 Å². The van der Waals surface area contributed by atoms with E-state index < -0.39 is 0 Å². The highest BCUT2D eigenvalue weighted by Gasteiger charge is 2.20. The second-order valence-corrected chi connectivity index (χ2v) is 6.38. The van der Waals surface area contributed by atoms with Crippen LogP contribution in [-0.2, 0) is 7.05 Å². The molecule has 120 valence electrons. The van der Waals surface area contributed by atoms with Crippen molar-refractivity contribution in [3.8, 4) is 6.07 Å². The van der Waals surface area contributed by atoms with Crippen LogP contribution in [0.15, 0.2) is 30.0 Å². The maximum absolute atomic E-state index is 10.5. The van der Waals surface area contributed by atoms with Crippen LogP contribution in [0.2, 0.25) is 0 Å². The molecule has 1 aromatic heterocycles. The van der Waals surface area contributed by atoms with Gasteiger partial charge in [-0.25, -0.2) is 4.98 Å². The summed E-state index contributed by atoms with van der Waals surface area (Å²) in [6.45, 7) is 4.60. The largest absolute Gasteiger partial charge is 0.509 e. The van der Waals surface area contributed by atoms with Gasteiger partial charge in [0.1, 0.15) is 17.4 Å². The maximum Gasteiger partial charge on any atom is 0.155 e. The number of nitrogens with zero attached hydrogens (tertiary/aromatic N) is 4. The standard InChI is InChI=1S/C18H22N4O/c1-13-7-9-22(10-8-13)12-17(23)14(11-19)18-20-15-5-3-4-6-16(15)21(18)2/h3-6,13,23H,7-10,12H2,1-2H3/b17-14-. The molecule has 0 spiro atoms. The van der Waals surface area contributed by atoms with Crippen molar-refractivity contribution in [1.82, 2.24) is 14.5 Å². The van der Waals surface area contributed by atoms with E-state index in [4.69, 9.17) is 0 Å². The first-order valence-electron chi connectivity index (χ1n) is 8.06. The first-order chi connectivity index (χ1) is 11.1. The van der Waals surface area contributed by atoms with Crippen LogP contribution in [0.4, 0.5) is 0 Å². The molecule has 1 aliphatic rings. The Morgan fingerprint density at radius 2 is 2.04 bits per heavy atom. The molecule has 0 saturated carbocycles. The zero-order chi connectivity index (χ0) is 16.4. The first-order valence-corrected chi connectivity index (χ1v) is 8.06. The molecule has 1 aromatic carbocycles. The van der Waals surface area contributed by atoms with Crippen LogP contribution in [0.25, 0.3) is 16.6 Å². The van der Waals surface area contributed by atoms with Crippen molar-refractivity contribution in [2.24, 2.45) is 13.0 Å². The number of hydrogen-bond donors (Lipinski definition) is 1. The lowest BCUT2D eigenvalue weighted by Gasteiger charge is -2.29. The van der Waals surface area contributed by atoms with E-state index in [1.54, 1.807) is 0 Å². The van der Waals surface area contributed by atoms with Gasteiger partial charge in [0.2, 0.25) is 0 Å². The third kappa shape index (κ3) is 3.08. The molecule has 0 atom stereocenters. The maximum atomic E-state index is 10.5. The highest BCUT2D eigenvalue weighted by Crippen LogP contribution is 2.23. The van der Waals surface area contributed by atoms with E-state index in [1.165, 1.54) is 0 Å². The van der Waals surface area contributed by atoms with E-state index in [0.29, 0.717) is 12.4 Å². The molecule has 1 saturated heterocycles. The van der Waals surface area contributed by atoms with Crippen LogP contribution in [0.1, 0.15) is 25.6 Å². The minimum absolute atomic E-state index is 0.112. The Kier molecular flexibility index (Phi) is 4.35. The SMILES string of the molecule is CC1CCN(C/C(O)=C(\C#N)c2nc3ccccc3n2C)CC1. The van der Waals surface area contributed by atoms with Crippen molar-refractivity contribution in [2.45, 2.75) is 19.8 Å². The lowest BCUT2D eigenvalue weighted by Crippen LogP contribution is -2.34. The van der Waals surface area contributed by atoms with Crippen molar-refractivity contribution in [2.75, 3.05) is 19.6 Å². The number of aliphatic hydroxyl groups excluding tert-OH is 1. The number of imidazole rings is 1. The summed E-state index contributed by atoms with van der Waals surface area (Å²) in [6, 6.07) is 9.88. The fourth-order valence-electron chi connectivity index (χ4n) is 3.12. The minimum Gasteiger partial charge on any atom is -0.509 e. The third-order valence-electron chi connectivity index (χ3n) is 4.66. The molecule has 0 bridgehead atoms. The second kappa shape index (κ2) is 6.43. The van der Waals surface area contributed by atoms with Crippen LogP contribution in [0.3, 0.4) is 0 Å². The van der Waals surface area contributed by atoms with Crippen molar-refractivity contribution < 1.29 is 5.11 Å². The van der Waals surface area contributed by atoms with Gasteiger partial charge in [0.15, 0.2) is 5.82 Å². The molecule has 0 unspecified atom stereocenters. The second-order valence-electron chi connectivity index (χ2n) is 6.38. The molecule has 0 aliphatic carbocycles. The van der Waals surface area contributed by atoms with Crippen molar-refractivity contribution in [3.05, 3.63) is 35.8 Å². The highest BCUT2D eigenvalue weighted by molar-refractivity contribution is 5.83. The van der Waals surface area contributed by atoms with E-state index in [9.17, 15) is 10.4 Å². The number of piperidine rings is 1. The molecule has 1 aliphatic heterocycles. The predicted octanol–water partition coefficient (Wildman–Crippen LogP) is 3.10. The van der Waals surface area contributed by atoms with Gasteiger partial charge in [-0.15, -0.1) is 0 Å². The average molecular weight is 310 g/mol. The summed E-state index contributed by atoms with van der Waals surface area (Å²) in [5.74, 6) is 1.38. The van der Waals surface area contributed by atoms with E-state index in [2.05, 4.69) is 22.9 Å². The van der Waals surface area contributed by atoms with Gasteiger partial charge >= 0.3 is 0 Å². The summed E-state index contributed by atoms with van der Waals surface area (Å²) in [5.41, 5.74) is 2.05. The number of aromatic nitrogens is 2. The molecule has 0 amide bonds. The molecule has 1 fully saturated rings. The number of para-hydroxylation sites is 2. The van der Waals surface area contributed by atoms with Gasteiger partial charge in [-0.3, -0.25) is 4.90 Å². The first kappa shape index (κ1) is 15.6. The average Bonchev–Trinajstić information content (AvgIpc) is 2.88. The zero-order valence-corrected chi connectivity index (χ0v) is 13.7. The fourth-order valence-corrected chi connectivity index (χ4v) is 3.12. The van der Waals surface area contributed by atoms with Crippen molar-refractivity contribution in [1.29, 1.82) is 5.26 Å². The summed E-state index contributed by atoms with van der Waals surface area (Å²) in [6.07, 6.45) is 2.28. The number of aryl methyl sites for hydroxylation is 1. The molecule has 5 heteroatoms. The van der Waals surface area contributed by atoms with Crippen LogP contribution in [-0.4, -0.2) is 39.2 Å². The van der Waals surface area contributed by atoms with Gasteiger partial charge in [-0.2, -0.15) is 5.26 Å². The molecular weight excluding hydrogens is 288 g/mol. The lowest BCUT2D eigenvalue weighted by atomic mass is 9.99. The Morgan fingerprint density at radius 3 is 2.70 bits per heavy atom. The predicted molar refractivity (Wildman–Crippen MR) is 90.7 cm³/mol. The van der Waals surface area contributed by atoms with Crippen LogP contribution in [0.5, 0.6) is 0 Å². The Balaban J connectivity index is 1.90. The summed E-state index contributed by atoms with van der Waals surface area (Å²) in [4.78, 5) is 6.72. The summed E-state index contributed by atoms with van der Waals surface area (Å²) >= 11 is 0. The molecule has 23 heavy (non-hydrogen) atoms. The number of likely N-dealkylation sites (tertiary alicyclic amines) is 1. The lowest BCUT2D eigenvalue weighted by molar-refractivity contribution is 0.185. The number of aliphatic hydroxyl groups is 1. The van der Waals surface area contributed by atoms with Gasteiger partial charge in [-0.1, -0.05) is 19.1 Å². The number of nitriles is 1.